The van der Waals surface area contributed by atoms with Crippen molar-refractivity contribution in [2.24, 2.45) is 5.41 Å². The minimum absolute atomic E-state index is 0.271. The lowest BCUT2D eigenvalue weighted by atomic mass is 9.70. The number of hydrogen-bond donors (Lipinski definition) is 3. The first-order chi connectivity index (χ1) is 7.09. The first-order valence-electron chi connectivity index (χ1n) is 5.23. The Kier molecular flexibility index (Phi) is 2.38. The zero-order chi connectivity index (χ0) is 12.4. The second-order valence-electron chi connectivity index (χ2n) is 5.54. The van der Waals surface area contributed by atoms with Gasteiger partial charge in [-0.1, -0.05) is 13.8 Å². The van der Waals surface area contributed by atoms with Crippen LogP contribution in [-0.2, 0) is 4.74 Å². The van der Waals surface area contributed by atoms with Crippen LogP contribution in [0.4, 0.5) is 8.78 Å². The molecule has 4 atom stereocenters. The quantitative estimate of drug-likeness (QED) is 0.566. The van der Waals surface area contributed by atoms with Gasteiger partial charge in [0.25, 0.3) is 0 Å². The molecule has 4 nitrogen and oxygen atoms in total. The van der Waals surface area contributed by atoms with E-state index in [9.17, 15) is 24.1 Å². The largest absolute Gasteiger partial charge is 0.387 e. The average molecular weight is 238 g/mol. The van der Waals surface area contributed by atoms with Crippen LogP contribution in [0.5, 0.6) is 0 Å². The van der Waals surface area contributed by atoms with Gasteiger partial charge in [-0.25, -0.2) is 0 Å². The fourth-order valence-corrected chi connectivity index (χ4v) is 2.63. The summed E-state index contributed by atoms with van der Waals surface area (Å²) >= 11 is 0. The Hall–Kier alpha value is -0.300. The van der Waals surface area contributed by atoms with E-state index in [0.29, 0.717) is 6.42 Å². The van der Waals surface area contributed by atoms with Gasteiger partial charge in [0, 0.05) is 6.42 Å². The van der Waals surface area contributed by atoms with Gasteiger partial charge in [-0.05, 0) is 11.8 Å². The fraction of sp³-hybridized carbons (Fsp3) is 1.00. The molecule has 0 aromatic carbocycles. The van der Waals surface area contributed by atoms with Crippen LogP contribution >= 0.6 is 0 Å². The highest BCUT2D eigenvalue weighted by molar-refractivity contribution is 5.07. The van der Waals surface area contributed by atoms with Crippen LogP contribution in [0.2, 0.25) is 0 Å². The van der Waals surface area contributed by atoms with Crippen molar-refractivity contribution in [2.45, 2.75) is 56.7 Å². The molecule has 0 aromatic rings. The van der Waals surface area contributed by atoms with Crippen molar-refractivity contribution < 1.29 is 28.8 Å². The predicted octanol–water partition coefficient (Wildman–Crippen LogP) is 0.251. The van der Waals surface area contributed by atoms with Crippen molar-refractivity contribution in [1.82, 2.24) is 0 Å². The Morgan fingerprint density at radius 2 is 1.81 bits per heavy atom. The van der Waals surface area contributed by atoms with Crippen LogP contribution in [0.1, 0.15) is 26.7 Å². The van der Waals surface area contributed by atoms with E-state index in [1.54, 1.807) is 13.8 Å². The van der Waals surface area contributed by atoms with E-state index in [-0.39, 0.29) is 6.42 Å². The van der Waals surface area contributed by atoms with Crippen LogP contribution in [0.25, 0.3) is 0 Å². The molecule has 3 N–H and O–H groups in total. The van der Waals surface area contributed by atoms with Gasteiger partial charge in [0.15, 0.2) is 6.10 Å². The number of halogens is 2. The van der Waals surface area contributed by atoms with Gasteiger partial charge in [-0.2, -0.15) is 8.78 Å². The molecule has 6 heteroatoms. The van der Waals surface area contributed by atoms with E-state index in [0.717, 1.165) is 0 Å². The summed E-state index contributed by atoms with van der Waals surface area (Å²) in [4.78, 5) is 0. The topological polar surface area (TPSA) is 69.9 Å². The number of aliphatic hydroxyl groups is 3. The normalized spacial score (nSPS) is 50.1. The maximum atomic E-state index is 13.7. The first kappa shape index (κ1) is 12.2. The summed E-state index contributed by atoms with van der Waals surface area (Å²) in [5.74, 6) is -6.54. The maximum Gasteiger partial charge on any atom is 0.328 e. The van der Waals surface area contributed by atoms with Gasteiger partial charge in [-0.3, -0.25) is 0 Å². The lowest BCUT2D eigenvalue weighted by molar-refractivity contribution is -0.426. The van der Waals surface area contributed by atoms with Crippen molar-refractivity contribution in [3.63, 3.8) is 0 Å². The van der Waals surface area contributed by atoms with Crippen molar-refractivity contribution >= 4 is 0 Å². The standard InChI is InChI=1S/C10H16F2O4/c1-8(2)3-5-6(13)7(14)10(11,12)9(15,4-8)16-5/h5-7,13-15H,3-4H2,1-2H3/t5-,6+,7-,9+/m1/s1. The lowest BCUT2D eigenvalue weighted by Crippen LogP contribution is -2.72. The molecule has 0 amide bonds. The smallest absolute Gasteiger partial charge is 0.328 e. The molecule has 2 aliphatic heterocycles. The Balaban J connectivity index is 2.40. The van der Waals surface area contributed by atoms with Crippen molar-refractivity contribution in [2.75, 3.05) is 0 Å². The Bertz CT molecular complexity index is 307. The zero-order valence-electron chi connectivity index (χ0n) is 9.15. The summed E-state index contributed by atoms with van der Waals surface area (Å²) in [5.41, 5.74) is -0.567. The van der Waals surface area contributed by atoms with Gasteiger partial charge in [-0.15, -0.1) is 0 Å². The number of fused-ring (bicyclic) bond motifs is 2. The number of aliphatic hydroxyl groups excluding tert-OH is 2. The molecule has 0 aliphatic carbocycles. The molecule has 0 radical (unpaired) electrons. The molecule has 0 spiro atoms. The molecule has 2 rings (SSSR count). The third kappa shape index (κ3) is 1.48. The molecule has 0 saturated carbocycles. The van der Waals surface area contributed by atoms with Gasteiger partial charge < -0.3 is 20.1 Å². The highest BCUT2D eigenvalue weighted by Gasteiger charge is 2.69. The van der Waals surface area contributed by atoms with E-state index in [4.69, 9.17) is 4.74 Å². The number of alkyl halides is 2. The van der Waals surface area contributed by atoms with E-state index in [1.807, 2.05) is 0 Å². The van der Waals surface area contributed by atoms with E-state index in [2.05, 4.69) is 0 Å². The monoisotopic (exact) mass is 238 g/mol. The Morgan fingerprint density at radius 3 is 2.38 bits per heavy atom. The average Bonchev–Trinajstić information content (AvgIpc) is 2.10. The van der Waals surface area contributed by atoms with Crippen LogP contribution in [0, 0.1) is 5.41 Å². The third-order valence-electron chi connectivity index (χ3n) is 3.41. The highest BCUT2D eigenvalue weighted by Crippen LogP contribution is 2.52. The van der Waals surface area contributed by atoms with Crippen molar-refractivity contribution in [3.05, 3.63) is 0 Å². The van der Waals surface area contributed by atoms with Crippen LogP contribution in [0.3, 0.4) is 0 Å². The van der Waals surface area contributed by atoms with Gasteiger partial charge in [0.05, 0.1) is 6.10 Å². The minimum Gasteiger partial charge on any atom is -0.387 e. The van der Waals surface area contributed by atoms with Crippen molar-refractivity contribution in [1.29, 1.82) is 0 Å². The molecule has 2 saturated heterocycles. The number of hydrogen-bond acceptors (Lipinski definition) is 4. The SMILES string of the molecule is CC1(C)C[C@H]2O[C@@](O)(C1)C(F)(F)[C@H](O)[C@H]2O. The second-order valence-corrected chi connectivity index (χ2v) is 5.54. The molecule has 94 valence electrons. The molecule has 0 unspecified atom stereocenters. The maximum absolute atomic E-state index is 13.7. The summed E-state index contributed by atoms with van der Waals surface area (Å²) < 4.78 is 32.2. The molecule has 2 heterocycles. The van der Waals surface area contributed by atoms with Crippen LogP contribution in [-0.4, -0.2) is 45.3 Å². The number of rotatable bonds is 0. The summed E-state index contributed by atoms with van der Waals surface area (Å²) in [6, 6.07) is 0. The Labute approximate surface area is 91.8 Å². The summed E-state index contributed by atoms with van der Waals surface area (Å²) in [7, 11) is 0. The highest BCUT2D eigenvalue weighted by atomic mass is 19.3. The summed E-state index contributed by atoms with van der Waals surface area (Å²) in [6.45, 7) is 3.43. The molecule has 2 fully saturated rings. The van der Waals surface area contributed by atoms with Gasteiger partial charge in [0.1, 0.15) is 6.10 Å². The van der Waals surface area contributed by atoms with E-state index in [1.165, 1.54) is 0 Å². The first-order valence-corrected chi connectivity index (χ1v) is 5.23. The molecule has 2 bridgehead atoms. The second kappa shape index (κ2) is 3.13. The van der Waals surface area contributed by atoms with Crippen molar-refractivity contribution in [3.8, 4) is 0 Å². The Morgan fingerprint density at radius 1 is 1.25 bits per heavy atom. The van der Waals surface area contributed by atoms with E-state index >= 15 is 0 Å². The van der Waals surface area contributed by atoms with Crippen LogP contribution in [0.15, 0.2) is 0 Å². The minimum atomic E-state index is -3.86. The molecule has 0 aromatic heterocycles. The predicted molar refractivity (Wildman–Crippen MR) is 49.8 cm³/mol. The van der Waals surface area contributed by atoms with Gasteiger partial charge in [0.2, 0.25) is 5.79 Å². The van der Waals surface area contributed by atoms with Crippen LogP contribution < -0.4 is 0 Å². The third-order valence-corrected chi connectivity index (χ3v) is 3.41. The molecular formula is C10H16F2O4. The summed E-state index contributed by atoms with van der Waals surface area (Å²) in [5, 5.41) is 28.6. The lowest BCUT2D eigenvalue weighted by Gasteiger charge is -2.54. The molecule has 2 aliphatic rings. The summed E-state index contributed by atoms with van der Waals surface area (Å²) in [6.07, 6.45) is -4.86. The van der Waals surface area contributed by atoms with Gasteiger partial charge >= 0.3 is 5.92 Å². The molecule has 16 heavy (non-hydrogen) atoms. The zero-order valence-corrected chi connectivity index (χ0v) is 9.15. The number of ether oxygens (including phenoxy) is 1. The molecular weight excluding hydrogens is 222 g/mol. The fourth-order valence-electron chi connectivity index (χ4n) is 2.63. The van der Waals surface area contributed by atoms with E-state index < -0.39 is 35.4 Å².